The summed E-state index contributed by atoms with van der Waals surface area (Å²) in [6, 6.07) is 3.47. The van der Waals surface area contributed by atoms with Gasteiger partial charge in [-0.25, -0.2) is 4.98 Å². The van der Waals surface area contributed by atoms with Crippen LogP contribution >= 0.6 is 15.9 Å². The van der Waals surface area contributed by atoms with Crippen LogP contribution < -0.4 is 9.64 Å². The third-order valence-electron chi connectivity index (χ3n) is 2.39. The van der Waals surface area contributed by atoms with Crippen LogP contribution in [0.2, 0.25) is 0 Å². The third kappa shape index (κ3) is 2.03. The van der Waals surface area contributed by atoms with E-state index in [0.717, 1.165) is 0 Å². The zero-order chi connectivity index (χ0) is 11.7. The molecule has 1 aromatic rings. The monoisotopic (exact) mass is 286 g/mol. The normalized spacial score (nSPS) is 20.3. The van der Waals surface area contributed by atoms with Crippen LogP contribution in [0.25, 0.3) is 0 Å². The zero-order valence-electron chi connectivity index (χ0n) is 8.68. The fourth-order valence-corrected chi connectivity index (χ4v) is 1.98. The molecule has 1 aliphatic rings. The van der Waals surface area contributed by atoms with Crippen molar-refractivity contribution >= 4 is 27.5 Å². The van der Waals surface area contributed by atoms with Crippen molar-refractivity contribution in [3.8, 4) is 5.88 Å². The van der Waals surface area contributed by atoms with Crippen molar-refractivity contribution in [1.29, 1.82) is 0 Å². The molecule has 1 unspecified atom stereocenters. The molecular weight excluding hydrogens is 276 g/mol. The quantitative estimate of drug-likeness (QED) is 0.823. The number of anilines is 1. The maximum Gasteiger partial charge on any atom is 0.238 e. The summed E-state index contributed by atoms with van der Waals surface area (Å²) in [5.74, 6) is 0.256. The van der Waals surface area contributed by atoms with Gasteiger partial charge in [0.2, 0.25) is 11.8 Å². The SMILES string of the molecule is COc1nc(Br)ccc1N1CC(O)CC1=O. The second kappa shape index (κ2) is 4.39. The number of aliphatic hydroxyl groups excluding tert-OH is 1. The van der Waals surface area contributed by atoms with E-state index in [-0.39, 0.29) is 12.3 Å². The molecule has 0 bridgehead atoms. The summed E-state index contributed by atoms with van der Waals surface area (Å²) in [6.07, 6.45) is -0.458. The van der Waals surface area contributed by atoms with E-state index in [1.807, 2.05) is 0 Å². The highest BCUT2D eigenvalue weighted by Gasteiger charge is 2.31. The first kappa shape index (κ1) is 11.3. The van der Waals surface area contributed by atoms with Crippen LogP contribution in [0, 0.1) is 0 Å². The van der Waals surface area contributed by atoms with E-state index in [2.05, 4.69) is 20.9 Å². The number of amides is 1. The molecule has 86 valence electrons. The highest BCUT2D eigenvalue weighted by atomic mass is 79.9. The maximum atomic E-state index is 11.6. The number of hydrogen-bond acceptors (Lipinski definition) is 4. The number of carbonyl (C=O) groups is 1. The smallest absolute Gasteiger partial charge is 0.238 e. The Morgan fingerprint density at radius 3 is 2.94 bits per heavy atom. The minimum Gasteiger partial charge on any atom is -0.479 e. The van der Waals surface area contributed by atoms with Gasteiger partial charge < -0.3 is 14.7 Å². The number of aliphatic hydroxyl groups is 1. The van der Waals surface area contributed by atoms with Gasteiger partial charge >= 0.3 is 0 Å². The van der Waals surface area contributed by atoms with E-state index >= 15 is 0 Å². The molecule has 1 amide bonds. The zero-order valence-corrected chi connectivity index (χ0v) is 10.3. The third-order valence-corrected chi connectivity index (χ3v) is 2.84. The Hall–Kier alpha value is -1.14. The molecule has 1 atom stereocenters. The van der Waals surface area contributed by atoms with Crippen molar-refractivity contribution in [2.75, 3.05) is 18.6 Å². The molecule has 2 rings (SSSR count). The van der Waals surface area contributed by atoms with E-state index in [9.17, 15) is 9.90 Å². The number of nitrogens with zero attached hydrogens (tertiary/aromatic N) is 2. The predicted molar refractivity (Wildman–Crippen MR) is 61.5 cm³/mol. The molecule has 1 aromatic heterocycles. The molecule has 1 fully saturated rings. The van der Waals surface area contributed by atoms with Crippen molar-refractivity contribution in [3.05, 3.63) is 16.7 Å². The van der Waals surface area contributed by atoms with Gasteiger partial charge in [-0.2, -0.15) is 0 Å². The van der Waals surface area contributed by atoms with E-state index in [0.29, 0.717) is 22.7 Å². The molecule has 0 radical (unpaired) electrons. The minimum atomic E-state index is -0.610. The van der Waals surface area contributed by atoms with Crippen molar-refractivity contribution < 1.29 is 14.6 Å². The van der Waals surface area contributed by atoms with Gasteiger partial charge in [0.15, 0.2) is 0 Å². The number of rotatable bonds is 2. The number of halogens is 1. The van der Waals surface area contributed by atoms with Gasteiger partial charge in [0, 0.05) is 0 Å². The molecule has 2 heterocycles. The van der Waals surface area contributed by atoms with E-state index in [1.165, 1.54) is 12.0 Å². The van der Waals surface area contributed by atoms with Crippen LogP contribution in [-0.2, 0) is 4.79 Å². The Labute approximate surface area is 101 Å². The van der Waals surface area contributed by atoms with E-state index in [1.54, 1.807) is 12.1 Å². The lowest BCUT2D eigenvalue weighted by atomic mass is 10.3. The summed E-state index contributed by atoms with van der Waals surface area (Å²) < 4.78 is 5.74. The summed E-state index contributed by atoms with van der Waals surface area (Å²) in [5, 5.41) is 9.42. The van der Waals surface area contributed by atoms with Crippen LogP contribution in [0.15, 0.2) is 16.7 Å². The fourth-order valence-electron chi connectivity index (χ4n) is 1.69. The van der Waals surface area contributed by atoms with E-state index < -0.39 is 6.10 Å². The molecule has 1 N–H and O–H groups in total. The maximum absolute atomic E-state index is 11.6. The lowest BCUT2D eigenvalue weighted by Crippen LogP contribution is -2.25. The van der Waals surface area contributed by atoms with Gasteiger partial charge in [-0.3, -0.25) is 4.79 Å². The van der Waals surface area contributed by atoms with Crippen molar-refractivity contribution in [3.63, 3.8) is 0 Å². The van der Waals surface area contributed by atoms with Gasteiger partial charge in [0.1, 0.15) is 10.3 Å². The first-order chi connectivity index (χ1) is 7.61. The Bertz CT molecular complexity index is 425. The number of β-amino-alcohol motifs (C(OH)–C–C–N with tert-alkyl or cyclic N) is 1. The summed E-state index contributed by atoms with van der Waals surface area (Å²) in [4.78, 5) is 17.2. The minimum absolute atomic E-state index is 0.116. The predicted octanol–water partition coefficient (Wildman–Crippen LogP) is 0.950. The van der Waals surface area contributed by atoms with Crippen LogP contribution in [0.1, 0.15) is 6.42 Å². The fraction of sp³-hybridized carbons (Fsp3) is 0.400. The summed E-state index contributed by atoms with van der Waals surface area (Å²) in [6.45, 7) is 0.290. The standard InChI is InChI=1S/C10H11BrN2O3/c1-16-10-7(2-3-8(11)12-10)13-5-6(14)4-9(13)15/h2-3,6,14H,4-5H2,1H3. The number of methoxy groups -OCH3 is 1. The van der Waals surface area contributed by atoms with E-state index in [4.69, 9.17) is 4.74 Å². The molecule has 1 saturated heterocycles. The Morgan fingerprint density at radius 1 is 1.62 bits per heavy atom. The van der Waals surface area contributed by atoms with Gasteiger partial charge in [-0.1, -0.05) is 0 Å². The second-order valence-electron chi connectivity index (χ2n) is 3.52. The van der Waals surface area contributed by atoms with Gasteiger partial charge in [-0.05, 0) is 28.1 Å². The molecular formula is C10H11BrN2O3. The Kier molecular flexibility index (Phi) is 3.11. The van der Waals surface area contributed by atoms with Crippen molar-refractivity contribution in [2.24, 2.45) is 0 Å². The lowest BCUT2D eigenvalue weighted by molar-refractivity contribution is -0.117. The highest BCUT2D eigenvalue weighted by molar-refractivity contribution is 9.10. The number of aromatic nitrogens is 1. The first-order valence-electron chi connectivity index (χ1n) is 4.81. The first-order valence-corrected chi connectivity index (χ1v) is 5.60. The van der Waals surface area contributed by atoms with Crippen LogP contribution in [0.3, 0.4) is 0 Å². The number of carbonyl (C=O) groups excluding carboxylic acids is 1. The van der Waals surface area contributed by atoms with Gasteiger partial charge in [-0.15, -0.1) is 0 Å². The van der Waals surface area contributed by atoms with Gasteiger partial charge in [0.25, 0.3) is 0 Å². The van der Waals surface area contributed by atoms with Gasteiger partial charge in [0.05, 0.1) is 26.2 Å². The lowest BCUT2D eigenvalue weighted by Gasteiger charge is -2.18. The molecule has 0 spiro atoms. The average Bonchev–Trinajstić information content (AvgIpc) is 2.57. The highest BCUT2D eigenvalue weighted by Crippen LogP contribution is 2.30. The van der Waals surface area contributed by atoms with Crippen molar-refractivity contribution in [1.82, 2.24) is 4.98 Å². The molecule has 16 heavy (non-hydrogen) atoms. The topological polar surface area (TPSA) is 62.7 Å². The van der Waals surface area contributed by atoms with Crippen LogP contribution in [-0.4, -0.2) is 35.8 Å². The average molecular weight is 287 g/mol. The number of ether oxygens (including phenoxy) is 1. The largest absolute Gasteiger partial charge is 0.479 e. The number of hydrogen-bond donors (Lipinski definition) is 1. The molecule has 0 aliphatic carbocycles. The Balaban J connectivity index is 2.36. The van der Waals surface area contributed by atoms with Crippen molar-refractivity contribution in [2.45, 2.75) is 12.5 Å². The molecule has 6 heteroatoms. The molecule has 0 saturated carbocycles. The molecule has 1 aliphatic heterocycles. The Morgan fingerprint density at radius 2 is 2.38 bits per heavy atom. The summed E-state index contributed by atoms with van der Waals surface area (Å²) in [7, 11) is 1.50. The molecule has 0 aromatic carbocycles. The van der Waals surface area contributed by atoms with Crippen LogP contribution in [0.4, 0.5) is 5.69 Å². The molecule has 5 nitrogen and oxygen atoms in total. The summed E-state index contributed by atoms with van der Waals surface area (Å²) in [5.41, 5.74) is 0.590. The second-order valence-corrected chi connectivity index (χ2v) is 4.34. The number of pyridine rings is 1. The van der Waals surface area contributed by atoms with Crippen LogP contribution in [0.5, 0.6) is 5.88 Å². The summed E-state index contributed by atoms with van der Waals surface area (Å²) >= 11 is 3.23.